The van der Waals surface area contributed by atoms with Crippen molar-refractivity contribution in [1.29, 1.82) is 0 Å². The highest BCUT2D eigenvalue weighted by Crippen LogP contribution is 2.15. The SMILES string of the molecule is CCN(CCCN=C(N)N1CCC(C)CC1)S(C)(=O)=O.I. The normalized spacial score (nSPS) is 17.9. The Kier molecular flexibility index (Phi) is 9.79. The van der Waals surface area contributed by atoms with Crippen LogP contribution in [-0.2, 0) is 10.0 Å². The van der Waals surface area contributed by atoms with Crippen LogP contribution < -0.4 is 5.73 Å². The van der Waals surface area contributed by atoms with Crippen molar-refractivity contribution in [2.75, 3.05) is 39.0 Å². The van der Waals surface area contributed by atoms with E-state index < -0.39 is 10.0 Å². The summed E-state index contributed by atoms with van der Waals surface area (Å²) in [5, 5.41) is 0. The van der Waals surface area contributed by atoms with Gasteiger partial charge in [-0.25, -0.2) is 12.7 Å². The number of rotatable bonds is 6. The number of sulfonamides is 1. The lowest BCUT2D eigenvalue weighted by Crippen LogP contribution is -2.42. The zero-order valence-corrected chi connectivity index (χ0v) is 16.4. The number of hydrogen-bond acceptors (Lipinski definition) is 3. The van der Waals surface area contributed by atoms with E-state index in [9.17, 15) is 8.42 Å². The van der Waals surface area contributed by atoms with Gasteiger partial charge in [0, 0.05) is 32.7 Å². The molecule has 126 valence electrons. The summed E-state index contributed by atoms with van der Waals surface area (Å²) >= 11 is 0. The molecular weight excluding hydrogens is 403 g/mol. The molecule has 8 heteroatoms. The van der Waals surface area contributed by atoms with Gasteiger partial charge in [0.05, 0.1) is 6.26 Å². The zero-order chi connectivity index (χ0) is 15.2. The Hall–Kier alpha value is -0.0900. The molecule has 0 radical (unpaired) electrons. The number of nitrogens with two attached hydrogens (primary N) is 1. The van der Waals surface area contributed by atoms with Crippen LogP contribution in [0.25, 0.3) is 0 Å². The second-order valence-electron chi connectivity index (χ2n) is 5.52. The second kappa shape index (κ2) is 9.83. The summed E-state index contributed by atoms with van der Waals surface area (Å²) in [6, 6.07) is 0. The smallest absolute Gasteiger partial charge is 0.211 e. The van der Waals surface area contributed by atoms with Crippen LogP contribution in [0, 0.1) is 5.92 Å². The molecule has 1 saturated heterocycles. The molecule has 1 rings (SSSR count). The lowest BCUT2D eigenvalue weighted by atomic mass is 10.00. The van der Waals surface area contributed by atoms with Gasteiger partial charge in [0.15, 0.2) is 5.96 Å². The van der Waals surface area contributed by atoms with Crippen LogP contribution >= 0.6 is 24.0 Å². The summed E-state index contributed by atoms with van der Waals surface area (Å²) in [5.41, 5.74) is 5.97. The molecule has 0 aromatic rings. The molecular formula is C13H29IN4O2S. The van der Waals surface area contributed by atoms with Crippen molar-refractivity contribution >= 4 is 40.0 Å². The number of piperidine rings is 1. The molecule has 0 aromatic carbocycles. The van der Waals surface area contributed by atoms with E-state index in [1.54, 1.807) is 0 Å². The minimum Gasteiger partial charge on any atom is -0.370 e. The summed E-state index contributed by atoms with van der Waals surface area (Å²) in [6.45, 7) is 7.62. The van der Waals surface area contributed by atoms with E-state index in [0.717, 1.165) is 31.8 Å². The highest BCUT2D eigenvalue weighted by atomic mass is 127. The third-order valence-electron chi connectivity index (χ3n) is 3.77. The largest absolute Gasteiger partial charge is 0.370 e. The average molecular weight is 432 g/mol. The van der Waals surface area contributed by atoms with Gasteiger partial charge in [-0.3, -0.25) is 4.99 Å². The van der Waals surface area contributed by atoms with E-state index in [1.165, 1.54) is 10.6 Å². The third-order valence-corrected chi connectivity index (χ3v) is 5.15. The van der Waals surface area contributed by atoms with Crippen LogP contribution in [0.2, 0.25) is 0 Å². The fraction of sp³-hybridized carbons (Fsp3) is 0.923. The lowest BCUT2D eigenvalue weighted by molar-refractivity contribution is 0.277. The average Bonchev–Trinajstić information content (AvgIpc) is 2.37. The number of nitrogens with zero attached hydrogens (tertiary/aromatic N) is 3. The highest BCUT2D eigenvalue weighted by Gasteiger charge is 2.17. The van der Waals surface area contributed by atoms with E-state index in [2.05, 4.69) is 16.8 Å². The van der Waals surface area contributed by atoms with Crippen LogP contribution in [0.15, 0.2) is 4.99 Å². The van der Waals surface area contributed by atoms with Gasteiger partial charge in [-0.2, -0.15) is 0 Å². The van der Waals surface area contributed by atoms with Crippen LogP contribution in [0.4, 0.5) is 0 Å². The van der Waals surface area contributed by atoms with Crippen LogP contribution in [0.1, 0.15) is 33.1 Å². The Morgan fingerprint density at radius 1 is 1.38 bits per heavy atom. The van der Waals surface area contributed by atoms with E-state index in [1.807, 2.05) is 6.92 Å². The van der Waals surface area contributed by atoms with E-state index >= 15 is 0 Å². The molecule has 0 unspecified atom stereocenters. The van der Waals surface area contributed by atoms with Crippen LogP contribution in [0.3, 0.4) is 0 Å². The second-order valence-corrected chi connectivity index (χ2v) is 7.50. The molecule has 1 fully saturated rings. The Balaban J connectivity index is 0.00000400. The molecule has 0 aliphatic carbocycles. The standard InChI is InChI=1S/C13H28N4O2S.HI/c1-4-17(20(3,18)19)9-5-8-15-13(14)16-10-6-12(2)7-11-16;/h12H,4-11H2,1-3H3,(H2,14,15);1H. The maximum absolute atomic E-state index is 11.4. The van der Waals surface area contributed by atoms with Gasteiger partial charge in [-0.15, -0.1) is 24.0 Å². The zero-order valence-electron chi connectivity index (χ0n) is 13.3. The Labute approximate surface area is 146 Å². The summed E-state index contributed by atoms with van der Waals surface area (Å²) in [4.78, 5) is 6.48. The van der Waals surface area contributed by atoms with Gasteiger partial charge in [-0.05, 0) is 25.2 Å². The summed E-state index contributed by atoms with van der Waals surface area (Å²) in [6.07, 6.45) is 4.26. The maximum atomic E-state index is 11.4. The molecule has 0 atom stereocenters. The first-order valence-corrected chi connectivity index (χ1v) is 9.19. The van der Waals surface area contributed by atoms with Crippen molar-refractivity contribution in [1.82, 2.24) is 9.21 Å². The lowest BCUT2D eigenvalue weighted by Gasteiger charge is -2.31. The van der Waals surface area contributed by atoms with E-state index in [4.69, 9.17) is 5.73 Å². The molecule has 1 heterocycles. The fourth-order valence-electron chi connectivity index (χ4n) is 2.34. The van der Waals surface area contributed by atoms with Gasteiger partial charge in [0.25, 0.3) is 0 Å². The first kappa shape index (κ1) is 20.9. The molecule has 1 aliphatic rings. The summed E-state index contributed by atoms with van der Waals surface area (Å²) in [7, 11) is -3.10. The molecule has 1 aliphatic heterocycles. The third kappa shape index (κ3) is 7.64. The predicted molar refractivity (Wildman–Crippen MR) is 98.6 cm³/mol. The molecule has 2 N–H and O–H groups in total. The van der Waals surface area contributed by atoms with Crippen molar-refractivity contribution in [3.05, 3.63) is 0 Å². The maximum Gasteiger partial charge on any atom is 0.211 e. The van der Waals surface area contributed by atoms with Crippen molar-refractivity contribution < 1.29 is 8.42 Å². The van der Waals surface area contributed by atoms with Crippen molar-refractivity contribution in [3.63, 3.8) is 0 Å². The first-order valence-electron chi connectivity index (χ1n) is 7.34. The van der Waals surface area contributed by atoms with Crippen molar-refractivity contribution in [2.45, 2.75) is 33.1 Å². The monoisotopic (exact) mass is 432 g/mol. The molecule has 21 heavy (non-hydrogen) atoms. The van der Waals surface area contributed by atoms with Gasteiger partial charge < -0.3 is 10.6 Å². The number of halogens is 1. The van der Waals surface area contributed by atoms with Gasteiger partial charge in [0.1, 0.15) is 0 Å². The fourth-order valence-corrected chi connectivity index (χ4v) is 3.27. The minimum absolute atomic E-state index is 0. The van der Waals surface area contributed by atoms with Gasteiger partial charge in [-0.1, -0.05) is 13.8 Å². The topological polar surface area (TPSA) is 79.0 Å². The number of aliphatic imine (C=N–C) groups is 1. The molecule has 0 saturated carbocycles. The molecule has 0 amide bonds. The molecule has 0 bridgehead atoms. The van der Waals surface area contributed by atoms with Crippen molar-refractivity contribution in [3.8, 4) is 0 Å². The first-order chi connectivity index (χ1) is 9.34. The quantitative estimate of drug-likeness (QED) is 0.297. The Bertz CT molecular complexity index is 420. The number of guanidine groups is 1. The van der Waals surface area contributed by atoms with E-state index in [-0.39, 0.29) is 24.0 Å². The predicted octanol–water partition coefficient (Wildman–Crippen LogP) is 1.32. The highest BCUT2D eigenvalue weighted by molar-refractivity contribution is 14.0. The van der Waals surface area contributed by atoms with Crippen LogP contribution in [0.5, 0.6) is 0 Å². The molecule has 0 aromatic heterocycles. The van der Waals surface area contributed by atoms with Gasteiger partial charge in [0.2, 0.25) is 10.0 Å². The molecule has 0 spiro atoms. The Morgan fingerprint density at radius 2 is 1.95 bits per heavy atom. The summed E-state index contributed by atoms with van der Waals surface area (Å²) < 4.78 is 24.3. The minimum atomic E-state index is -3.10. The number of likely N-dealkylation sites (tertiary alicyclic amines) is 1. The molecule has 6 nitrogen and oxygen atoms in total. The summed E-state index contributed by atoms with van der Waals surface area (Å²) in [5.74, 6) is 1.37. The Morgan fingerprint density at radius 3 is 2.43 bits per heavy atom. The van der Waals surface area contributed by atoms with E-state index in [0.29, 0.717) is 32.0 Å². The number of hydrogen-bond donors (Lipinski definition) is 1. The van der Waals surface area contributed by atoms with Crippen molar-refractivity contribution in [2.24, 2.45) is 16.6 Å². The van der Waals surface area contributed by atoms with Crippen LogP contribution in [-0.4, -0.2) is 62.6 Å². The van der Waals surface area contributed by atoms with Gasteiger partial charge >= 0.3 is 0 Å².